The van der Waals surface area contributed by atoms with E-state index in [0.29, 0.717) is 12.4 Å². The van der Waals surface area contributed by atoms with Gasteiger partial charge in [-0.25, -0.2) is 9.97 Å². The van der Waals surface area contributed by atoms with Gasteiger partial charge < -0.3 is 15.5 Å². The fourth-order valence-electron chi connectivity index (χ4n) is 1.80. The molecule has 1 aromatic rings. The lowest BCUT2D eigenvalue weighted by atomic mass is 10.3. The number of amides is 1. The lowest BCUT2D eigenvalue weighted by Crippen LogP contribution is -2.39. The summed E-state index contributed by atoms with van der Waals surface area (Å²) in [7, 11) is 3.61. The van der Waals surface area contributed by atoms with Crippen molar-refractivity contribution in [3.8, 4) is 0 Å². The Balaban J connectivity index is 2.85. The lowest BCUT2D eigenvalue weighted by Gasteiger charge is -2.21. The third kappa shape index (κ3) is 4.36. The third-order valence-electron chi connectivity index (χ3n) is 3.09. The van der Waals surface area contributed by atoms with E-state index < -0.39 is 0 Å². The summed E-state index contributed by atoms with van der Waals surface area (Å²) in [6.45, 7) is 6.57. The summed E-state index contributed by atoms with van der Waals surface area (Å²) >= 11 is 0. The highest BCUT2D eigenvalue weighted by Crippen LogP contribution is 2.13. The summed E-state index contributed by atoms with van der Waals surface area (Å²) in [6.07, 6.45) is 1.81. The molecule has 0 aromatic carbocycles. The number of carbonyl (C=O) groups is 1. The minimum Gasteiger partial charge on any atom is -0.373 e. The number of carbonyl (C=O) groups excluding carboxylic acids is 1. The van der Waals surface area contributed by atoms with Gasteiger partial charge in [0.25, 0.3) is 0 Å². The first kappa shape index (κ1) is 16.2. The Bertz CT molecular complexity index is 449. The van der Waals surface area contributed by atoms with E-state index in [1.165, 1.54) is 0 Å². The Hall–Kier alpha value is -1.85. The van der Waals surface area contributed by atoms with Gasteiger partial charge >= 0.3 is 0 Å². The Kier molecular flexibility index (Phi) is 6.21. The van der Waals surface area contributed by atoms with Crippen LogP contribution in [0.1, 0.15) is 33.0 Å². The van der Waals surface area contributed by atoms with Crippen molar-refractivity contribution in [2.75, 3.05) is 31.3 Å². The Labute approximate surface area is 121 Å². The van der Waals surface area contributed by atoms with Gasteiger partial charge in [-0.1, -0.05) is 6.92 Å². The number of hydrogen-bond acceptors (Lipinski definition) is 5. The number of likely N-dealkylation sites (N-methyl/N-ethyl adjacent to an activating group) is 1. The molecule has 1 amide bonds. The average Bonchev–Trinajstić information content (AvgIpc) is 2.45. The van der Waals surface area contributed by atoms with Crippen LogP contribution in [0, 0.1) is 0 Å². The van der Waals surface area contributed by atoms with E-state index in [-0.39, 0.29) is 11.9 Å². The van der Waals surface area contributed by atoms with Gasteiger partial charge in [0.15, 0.2) is 0 Å². The molecule has 2 N–H and O–H groups in total. The largest absolute Gasteiger partial charge is 0.373 e. The minimum absolute atomic E-state index is 0.0501. The van der Waals surface area contributed by atoms with E-state index in [1.54, 1.807) is 11.9 Å². The van der Waals surface area contributed by atoms with Crippen molar-refractivity contribution < 1.29 is 4.79 Å². The molecule has 1 atom stereocenters. The Morgan fingerprint density at radius 2 is 2.00 bits per heavy atom. The number of aryl methyl sites for hydroxylation is 1. The van der Waals surface area contributed by atoms with Crippen LogP contribution in [0.5, 0.6) is 0 Å². The molecule has 6 nitrogen and oxygen atoms in total. The topological polar surface area (TPSA) is 70.2 Å². The van der Waals surface area contributed by atoms with Crippen molar-refractivity contribution in [3.63, 3.8) is 0 Å². The van der Waals surface area contributed by atoms with E-state index in [4.69, 9.17) is 0 Å². The zero-order valence-corrected chi connectivity index (χ0v) is 13.0. The molecule has 0 radical (unpaired) electrons. The highest BCUT2D eigenvalue weighted by molar-refractivity contribution is 5.83. The fourth-order valence-corrected chi connectivity index (χ4v) is 1.80. The maximum absolute atomic E-state index is 12.0. The van der Waals surface area contributed by atoms with Gasteiger partial charge in [0.05, 0.1) is 0 Å². The van der Waals surface area contributed by atoms with Gasteiger partial charge in [-0.3, -0.25) is 4.79 Å². The van der Waals surface area contributed by atoms with Gasteiger partial charge in [-0.05, 0) is 20.3 Å². The standard InChI is InChI=1S/C14H25N5O/c1-6-8-11-17-12(15-4)9-13(18-11)16-10(3)14(20)19(5)7-2/h9-10H,6-8H2,1-5H3,(H2,15,16,17,18). The van der Waals surface area contributed by atoms with E-state index in [2.05, 4.69) is 27.5 Å². The van der Waals surface area contributed by atoms with Crippen LogP contribution in [0.2, 0.25) is 0 Å². The first-order valence-corrected chi connectivity index (χ1v) is 7.09. The maximum Gasteiger partial charge on any atom is 0.244 e. The summed E-state index contributed by atoms with van der Waals surface area (Å²) in [6, 6.07) is 1.50. The molecule has 0 spiro atoms. The SMILES string of the molecule is CCCc1nc(NC)cc(NC(C)C(=O)N(C)CC)n1. The second-order valence-electron chi connectivity index (χ2n) is 4.77. The average molecular weight is 279 g/mol. The van der Waals surface area contributed by atoms with Gasteiger partial charge in [0.1, 0.15) is 23.5 Å². The van der Waals surface area contributed by atoms with Crippen molar-refractivity contribution in [2.45, 2.75) is 39.7 Å². The molecular weight excluding hydrogens is 254 g/mol. The second kappa shape index (κ2) is 7.67. The highest BCUT2D eigenvalue weighted by atomic mass is 16.2. The summed E-state index contributed by atoms with van der Waals surface area (Å²) in [5.41, 5.74) is 0. The first-order chi connectivity index (χ1) is 9.51. The molecule has 0 aliphatic rings. The van der Waals surface area contributed by atoms with Crippen molar-refractivity contribution in [2.24, 2.45) is 0 Å². The van der Waals surface area contributed by atoms with Crippen LogP contribution >= 0.6 is 0 Å². The number of nitrogens with zero attached hydrogens (tertiary/aromatic N) is 3. The molecule has 0 aliphatic heterocycles. The van der Waals surface area contributed by atoms with Gasteiger partial charge in [-0.15, -0.1) is 0 Å². The lowest BCUT2D eigenvalue weighted by molar-refractivity contribution is -0.130. The molecule has 1 unspecified atom stereocenters. The van der Waals surface area contributed by atoms with Crippen molar-refractivity contribution in [3.05, 3.63) is 11.9 Å². The molecule has 0 aliphatic carbocycles. The predicted octanol–water partition coefficient (Wildman–Crippen LogP) is 1.75. The molecule has 6 heteroatoms. The van der Waals surface area contributed by atoms with Crippen LogP contribution in [0.3, 0.4) is 0 Å². The van der Waals surface area contributed by atoms with Crippen LogP contribution in [0.25, 0.3) is 0 Å². The van der Waals surface area contributed by atoms with Crippen molar-refractivity contribution >= 4 is 17.5 Å². The Morgan fingerprint density at radius 1 is 1.35 bits per heavy atom. The number of aromatic nitrogens is 2. The van der Waals surface area contributed by atoms with Crippen molar-refractivity contribution in [1.82, 2.24) is 14.9 Å². The second-order valence-corrected chi connectivity index (χ2v) is 4.77. The Morgan fingerprint density at radius 3 is 2.55 bits per heavy atom. The summed E-state index contributed by atoms with van der Waals surface area (Å²) in [5.74, 6) is 2.27. The van der Waals surface area contributed by atoms with Crippen LogP contribution in [0.4, 0.5) is 11.6 Å². The number of hydrogen-bond donors (Lipinski definition) is 2. The van der Waals surface area contributed by atoms with Crippen molar-refractivity contribution in [1.29, 1.82) is 0 Å². The zero-order valence-electron chi connectivity index (χ0n) is 13.0. The van der Waals surface area contributed by atoms with E-state index in [1.807, 2.05) is 27.0 Å². The molecule has 0 bridgehead atoms. The van der Waals surface area contributed by atoms with E-state index in [0.717, 1.165) is 24.5 Å². The quantitative estimate of drug-likeness (QED) is 0.795. The predicted molar refractivity (Wildman–Crippen MR) is 82.0 cm³/mol. The molecule has 20 heavy (non-hydrogen) atoms. The van der Waals surface area contributed by atoms with Gasteiger partial charge in [0.2, 0.25) is 5.91 Å². The minimum atomic E-state index is -0.311. The molecule has 0 saturated carbocycles. The number of nitrogens with one attached hydrogen (secondary N) is 2. The monoisotopic (exact) mass is 279 g/mol. The highest BCUT2D eigenvalue weighted by Gasteiger charge is 2.17. The van der Waals surface area contributed by atoms with Crippen LogP contribution < -0.4 is 10.6 Å². The summed E-state index contributed by atoms with van der Waals surface area (Å²) in [5, 5.41) is 6.16. The smallest absolute Gasteiger partial charge is 0.244 e. The molecule has 0 fully saturated rings. The van der Waals surface area contributed by atoms with Crippen LogP contribution in [0.15, 0.2) is 6.07 Å². The van der Waals surface area contributed by atoms with Crippen LogP contribution in [-0.4, -0.2) is 47.5 Å². The van der Waals surface area contributed by atoms with E-state index >= 15 is 0 Å². The molecular formula is C14H25N5O. The summed E-state index contributed by atoms with van der Waals surface area (Å²) in [4.78, 5) is 22.6. The number of rotatable bonds is 7. The molecule has 1 aromatic heterocycles. The maximum atomic E-state index is 12.0. The van der Waals surface area contributed by atoms with Gasteiger partial charge in [-0.2, -0.15) is 0 Å². The molecule has 112 valence electrons. The molecule has 1 heterocycles. The van der Waals surface area contributed by atoms with E-state index in [9.17, 15) is 4.79 Å². The number of anilines is 2. The third-order valence-corrected chi connectivity index (χ3v) is 3.09. The fraction of sp³-hybridized carbons (Fsp3) is 0.643. The molecule has 0 saturated heterocycles. The zero-order chi connectivity index (χ0) is 15.1. The van der Waals surface area contributed by atoms with Gasteiger partial charge in [0, 0.05) is 33.1 Å². The summed E-state index contributed by atoms with van der Waals surface area (Å²) < 4.78 is 0. The van der Waals surface area contributed by atoms with Crippen LogP contribution in [-0.2, 0) is 11.2 Å². The normalized spacial score (nSPS) is 11.8. The first-order valence-electron chi connectivity index (χ1n) is 7.09. The molecule has 1 rings (SSSR count).